The van der Waals surface area contributed by atoms with Crippen LogP contribution in [0.25, 0.3) is 0 Å². The second kappa shape index (κ2) is 8.45. The molecule has 0 saturated heterocycles. The summed E-state index contributed by atoms with van der Waals surface area (Å²) >= 11 is 17.6. The molecule has 140 valence electrons. The Morgan fingerprint density at radius 1 is 1.08 bits per heavy atom. The first-order chi connectivity index (χ1) is 12.1. The maximum Gasteiger partial charge on any atom is 0.245 e. The Balaban J connectivity index is 2.17. The van der Waals surface area contributed by atoms with Gasteiger partial charge in [-0.25, -0.2) is 8.42 Å². The van der Waals surface area contributed by atoms with Crippen LogP contribution in [0.4, 0.5) is 5.69 Å². The highest BCUT2D eigenvalue weighted by molar-refractivity contribution is 7.89. The number of nitrogens with one attached hydrogen (secondary N) is 2. The molecule has 2 rings (SSSR count). The largest absolute Gasteiger partial charge is 0.495 e. The van der Waals surface area contributed by atoms with Crippen molar-refractivity contribution >= 4 is 56.4 Å². The monoisotopic (exact) mass is 436 g/mol. The lowest BCUT2D eigenvalue weighted by Gasteiger charge is -2.16. The summed E-state index contributed by atoms with van der Waals surface area (Å²) in [6.07, 6.45) is 0. The maximum absolute atomic E-state index is 12.6. The van der Waals surface area contributed by atoms with E-state index in [1.165, 1.54) is 44.4 Å². The molecule has 2 aromatic carbocycles. The van der Waals surface area contributed by atoms with Crippen molar-refractivity contribution in [2.75, 3.05) is 12.4 Å². The van der Waals surface area contributed by atoms with E-state index in [1.54, 1.807) is 6.07 Å². The van der Waals surface area contributed by atoms with Crippen LogP contribution in [-0.4, -0.2) is 27.5 Å². The molecule has 0 aliphatic heterocycles. The number of benzene rings is 2. The molecule has 1 atom stereocenters. The molecule has 0 aliphatic carbocycles. The summed E-state index contributed by atoms with van der Waals surface area (Å²) in [5.41, 5.74) is 0.385. The lowest BCUT2D eigenvalue weighted by atomic mass is 10.3. The number of hydrogen-bond donors (Lipinski definition) is 2. The molecule has 26 heavy (non-hydrogen) atoms. The number of methoxy groups -OCH3 is 1. The summed E-state index contributed by atoms with van der Waals surface area (Å²) in [6, 6.07) is 7.63. The quantitative estimate of drug-likeness (QED) is 0.716. The van der Waals surface area contributed by atoms with Gasteiger partial charge in [-0.15, -0.1) is 0 Å². The van der Waals surface area contributed by atoms with Crippen molar-refractivity contribution in [3.8, 4) is 5.75 Å². The normalized spacial score (nSPS) is 12.5. The molecule has 1 amide bonds. The second-order valence-electron chi connectivity index (χ2n) is 5.26. The van der Waals surface area contributed by atoms with Crippen LogP contribution in [-0.2, 0) is 14.8 Å². The van der Waals surface area contributed by atoms with Crippen molar-refractivity contribution in [3.05, 3.63) is 51.5 Å². The smallest absolute Gasteiger partial charge is 0.245 e. The molecule has 0 radical (unpaired) electrons. The number of amides is 1. The van der Waals surface area contributed by atoms with Crippen LogP contribution in [0.5, 0.6) is 5.75 Å². The minimum absolute atomic E-state index is 0.110. The molecule has 0 bridgehead atoms. The first-order valence-corrected chi connectivity index (χ1v) is 9.87. The number of halogens is 3. The van der Waals surface area contributed by atoms with Gasteiger partial charge in [0.15, 0.2) is 0 Å². The maximum atomic E-state index is 12.6. The van der Waals surface area contributed by atoms with Gasteiger partial charge in [0, 0.05) is 10.7 Å². The molecule has 0 aliphatic rings. The predicted molar refractivity (Wildman–Crippen MR) is 103 cm³/mol. The van der Waals surface area contributed by atoms with Crippen LogP contribution in [0.1, 0.15) is 6.92 Å². The Kier molecular flexibility index (Phi) is 6.76. The van der Waals surface area contributed by atoms with Gasteiger partial charge < -0.3 is 10.1 Å². The average molecular weight is 438 g/mol. The van der Waals surface area contributed by atoms with Gasteiger partial charge in [-0.05, 0) is 43.3 Å². The van der Waals surface area contributed by atoms with Crippen LogP contribution < -0.4 is 14.8 Å². The highest BCUT2D eigenvalue weighted by atomic mass is 35.5. The van der Waals surface area contributed by atoms with E-state index in [0.29, 0.717) is 10.7 Å². The number of rotatable bonds is 6. The summed E-state index contributed by atoms with van der Waals surface area (Å²) in [6.45, 7) is 1.40. The van der Waals surface area contributed by atoms with E-state index < -0.39 is 22.0 Å². The van der Waals surface area contributed by atoms with E-state index in [1.807, 2.05) is 0 Å². The van der Waals surface area contributed by atoms with Gasteiger partial charge in [0.05, 0.1) is 23.2 Å². The van der Waals surface area contributed by atoms with Gasteiger partial charge in [-0.3, -0.25) is 4.79 Å². The van der Waals surface area contributed by atoms with Crippen molar-refractivity contribution in [1.82, 2.24) is 4.72 Å². The first kappa shape index (κ1) is 20.8. The highest BCUT2D eigenvalue weighted by Gasteiger charge is 2.25. The van der Waals surface area contributed by atoms with E-state index in [-0.39, 0.29) is 20.7 Å². The molecule has 2 N–H and O–H groups in total. The topological polar surface area (TPSA) is 84.5 Å². The SMILES string of the molecule is COc1ccc(Cl)cc1S(=O)(=O)N[C@@H](C)C(=O)Nc1ccc(Cl)c(Cl)c1. The van der Waals surface area contributed by atoms with E-state index in [9.17, 15) is 13.2 Å². The van der Waals surface area contributed by atoms with Crippen molar-refractivity contribution in [2.24, 2.45) is 0 Å². The van der Waals surface area contributed by atoms with Crippen molar-refractivity contribution < 1.29 is 17.9 Å². The van der Waals surface area contributed by atoms with Crippen molar-refractivity contribution in [3.63, 3.8) is 0 Å². The van der Waals surface area contributed by atoms with Crippen LogP contribution in [0, 0.1) is 0 Å². The van der Waals surface area contributed by atoms with Gasteiger partial charge in [-0.1, -0.05) is 34.8 Å². The molecule has 6 nitrogen and oxygen atoms in total. The number of carbonyl (C=O) groups is 1. The fourth-order valence-electron chi connectivity index (χ4n) is 2.03. The van der Waals surface area contributed by atoms with Crippen molar-refractivity contribution in [1.29, 1.82) is 0 Å². The van der Waals surface area contributed by atoms with Crippen LogP contribution in [0.15, 0.2) is 41.3 Å². The molecular formula is C16H15Cl3N2O4S. The Labute approximate surface area is 166 Å². The summed E-state index contributed by atoms with van der Waals surface area (Å²) in [5, 5.41) is 3.38. The third-order valence-corrected chi connectivity index (χ3v) is 5.86. The zero-order chi connectivity index (χ0) is 19.5. The number of sulfonamides is 1. The minimum atomic E-state index is -4.04. The molecule has 10 heteroatoms. The molecule has 0 unspecified atom stereocenters. The van der Waals surface area contributed by atoms with Crippen LogP contribution in [0.3, 0.4) is 0 Å². The van der Waals surface area contributed by atoms with E-state index in [4.69, 9.17) is 39.5 Å². The Hall–Kier alpha value is -1.51. The summed E-state index contributed by atoms with van der Waals surface area (Å²) < 4.78 is 32.4. The molecule has 0 fully saturated rings. The average Bonchev–Trinajstić information content (AvgIpc) is 2.57. The van der Waals surface area contributed by atoms with Gasteiger partial charge in [0.2, 0.25) is 15.9 Å². The second-order valence-corrected chi connectivity index (χ2v) is 8.19. The molecule has 2 aromatic rings. The van der Waals surface area contributed by atoms with Crippen LogP contribution in [0.2, 0.25) is 15.1 Å². The number of carbonyl (C=O) groups excluding carboxylic acids is 1. The van der Waals surface area contributed by atoms with E-state index in [0.717, 1.165) is 0 Å². The minimum Gasteiger partial charge on any atom is -0.495 e. The molecule has 0 saturated carbocycles. The van der Waals surface area contributed by atoms with E-state index >= 15 is 0 Å². The van der Waals surface area contributed by atoms with Gasteiger partial charge in [-0.2, -0.15) is 4.72 Å². The first-order valence-electron chi connectivity index (χ1n) is 7.26. The molecule has 0 heterocycles. The molecule has 0 spiro atoms. The lowest BCUT2D eigenvalue weighted by Crippen LogP contribution is -2.41. The van der Waals surface area contributed by atoms with Crippen molar-refractivity contribution in [2.45, 2.75) is 17.9 Å². The van der Waals surface area contributed by atoms with Gasteiger partial charge >= 0.3 is 0 Å². The third-order valence-electron chi connectivity index (χ3n) is 3.33. The Morgan fingerprint density at radius 2 is 1.77 bits per heavy atom. The number of ether oxygens (including phenoxy) is 1. The van der Waals surface area contributed by atoms with Crippen LogP contribution >= 0.6 is 34.8 Å². The van der Waals surface area contributed by atoms with E-state index in [2.05, 4.69) is 10.0 Å². The lowest BCUT2D eigenvalue weighted by molar-refractivity contribution is -0.117. The van der Waals surface area contributed by atoms with Gasteiger partial charge in [0.25, 0.3) is 0 Å². The number of hydrogen-bond acceptors (Lipinski definition) is 4. The zero-order valence-electron chi connectivity index (χ0n) is 13.7. The third kappa shape index (κ3) is 5.02. The fourth-order valence-corrected chi connectivity index (χ4v) is 3.97. The zero-order valence-corrected chi connectivity index (χ0v) is 16.8. The highest BCUT2D eigenvalue weighted by Crippen LogP contribution is 2.27. The Morgan fingerprint density at radius 3 is 2.38 bits per heavy atom. The summed E-state index contributed by atoms with van der Waals surface area (Å²) in [4.78, 5) is 12.1. The summed E-state index contributed by atoms with van der Waals surface area (Å²) in [5.74, 6) is -0.466. The standard InChI is InChI=1S/C16H15Cl3N2O4S/c1-9(16(22)20-11-4-5-12(18)13(19)8-11)21-26(23,24)15-7-10(17)3-6-14(15)25-2/h3-9,21H,1-2H3,(H,20,22)/t9-/m0/s1. The molecule has 0 aromatic heterocycles. The predicted octanol–water partition coefficient (Wildman–Crippen LogP) is 3.96. The summed E-state index contributed by atoms with van der Waals surface area (Å²) in [7, 11) is -2.71. The fraction of sp³-hybridized carbons (Fsp3) is 0.188. The molecular weight excluding hydrogens is 423 g/mol. The number of anilines is 1. The van der Waals surface area contributed by atoms with Gasteiger partial charge in [0.1, 0.15) is 10.6 Å². The Bertz CT molecular complexity index is 935.